The van der Waals surface area contributed by atoms with Gasteiger partial charge in [0.05, 0.1) is 0 Å². The van der Waals surface area contributed by atoms with E-state index < -0.39 is 0 Å². The van der Waals surface area contributed by atoms with Crippen LogP contribution in [0, 0.1) is 5.92 Å². The van der Waals surface area contributed by atoms with Gasteiger partial charge in [0, 0.05) is 26.3 Å². The minimum atomic E-state index is 0.873. The second-order valence-corrected chi connectivity index (χ2v) is 5.73. The van der Waals surface area contributed by atoms with Crippen molar-refractivity contribution in [3.05, 3.63) is 23.9 Å². The molecular formula is C16H27N3. The molecule has 1 aliphatic rings. The number of anilines is 1. The Morgan fingerprint density at radius 2 is 2.11 bits per heavy atom. The molecule has 3 heteroatoms. The van der Waals surface area contributed by atoms with Crippen molar-refractivity contribution in [2.75, 3.05) is 25.0 Å². The topological polar surface area (TPSA) is 28.2 Å². The summed E-state index contributed by atoms with van der Waals surface area (Å²) in [7, 11) is 2.16. The molecular weight excluding hydrogens is 234 g/mol. The summed E-state index contributed by atoms with van der Waals surface area (Å²) in [6.07, 6.45) is 8.79. The van der Waals surface area contributed by atoms with E-state index in [1.807, 2.05) is 6.20 Å². The van der Waals surface area contributed by atoms with Gasteiger partial charge in [-0.2, -0.15) is 0 Å². The first-order valence-corrected chi connectivity index (χ1v) is 7.66. The number of hydrogen-bond donors (Lipinski definition) is 1. The third-order valence-corrected chi connectivity index (χ3v) is 3.96. The Kier molecular flexibility index (Phi) is 5.64. The van der Waals surface area contributed by atoms with Gasteiger partial charge >= 0.3 is 0 Å². The van der Waals surface area contributed by atoms with E-state index in [-0.39, 0.29) is 0 Å². The summed E-state index contributed by atoms with van der Waals surface area (Å²) < 4.78 is 0. The molecule has 0 unspecified atom stereocenters. The van der Waals surface area contributed by atoms with Crippen molar-refractivity contribution >= 4 is 5.82 Å². The van der Waals surface area contributed by atoms with Crippen molar-refractivity contribution in [3.8, 4) is 0 Å². The number of aromatic nitrogens is 1. The summed E-state index contributed by atoms with van der Waals surface area (Å²) in [5, 5.41) is 3.41. The van der Waals surface area contributed by atoms with Crippen molar-refractivity contribution in [1.29, 1.82) is 0 Å². The third kappa shape index (κ3) is 4.50. The van der Waals surface area contributed by atoms with Crippen molar-refractivity contribution in [1.82, 2.24) is 10.3 Å². The number of nitrogens with one attached hydrogen (secondary N) is 1. The largest absolute Gasteiger partial charge is 0.359 e. The highest BCUT2D eigenvalue weighted by atomic mass is 15.2. The highest BCUT2D eigenvalue weighted by Crippen LogP contribution is 2.26. The quantitative estimate of drug-likeness (QED) is 0.764. The molecule has 1 saturated carbocycles. The van der Waals surface area contributed by atoms with Crippen LogP contribution in [0.1, 0.15) is 44.6 Å². The molecule has 1 fully saturated rings. The van der Waals surface area contributed by atoms with E-state index in [2.05, 4.69) is 41.3 Å². The summed E-state index contributed by atoms with van der Waals surface area (Å²) in [5.74, 6) is 1.98. The standard InChI is InChI=1S/C16H27N3/c1-3-10-17-11-15-8-9-16(18-12-15)19(2)13-14-6-4-5-7-14/h8-9,12,14,17H,3-7,10-11,13H2,1-2H3. The third-order valence-electron chi connectivity index (χ3n) is 3.96. The van der Waals surface area contributed by atoms with E-state index in [1.165, 1.54) is 37.7 Å². The van der Waals surface area contributed by atoms with Crippen LogP contribution in [0.2, 0.25) is 0 Å². The lowest BCUT2D eigenvalue weighted by Gasteiger charge is -2.22. The molecule has 0 aromatic carbocycles. The fourth-order valence-corrected chi connectivity index (χ4v) is 2.83. The van der Waals surface area contributed by atoms with Crippen LogP contribution < -0.4 is 10.2 Å². The van der Waals surface area contributed by atoms with Crippen molar-refractivity contribution in [2.24, 2.45) is 5.92 Å². The molecule has 2 rings (SSSR count). The lowest BCUT2D eigenvalue weighted by Crippen LogP contribution is -2.24. The number of nitrogens with zero attached hydrogens (tertiary/aromatic N) is 2. The molecule has 19 heavy (non-hydrogen) atoms. The molecule has 0 bridgehead atoms. The van der Waals surface area contributed by atoms with E-state index in [1.54, 1.807) is 0 Å². The monoisotopic (exact) mass is 261 g/mol. The molecule has 1 aromatic heterocycles. The Morgan fingerprint density at radius 3 is 2.74 bits per heavy atom. The van der Waals surface area contributed by atoms with Gasteiger partial charge in [0.15, 0.2) is 0 Å². The van der Waals surface area contributed by atoms with Crippen LogP contribution in [0.4, 0.5) is 5.82 Å². The predicted octanol–water partition coefficient (Wildman–Crippen LogP) is 3.21. The normalized spacial score (nSPS) is 15.9. The van der Waals surface area contributed by atoms with Crippen LogP contribution >= 0.6 is 0 Å². The highest BCUT2D eigenvalue weighted by Gasteiger charge is 2.17. The summed E-state index contributed by atoms with van der Waals surface area (Å²) in [6, 6.07) is 4.34. The number of hydrogen-bond acceptors (Lipinski definition) is 3. The van der Waals surface area contributed by atoms with Crippen LogP contribution in [0.15, 0.2) is 18.3 Å². The van der Waals surface area contributed by atoms with Crippen LogP contribution in [-0.2, 0) is 6.54 Å². The molecule has 1 aliphatic carbocycles. The second-order valence-electron chi connectivity index (χ2n) is 5.73. The minimum absolute atomic E-state index is 0.873. The Balaban J connectivity index is 1.82. The second kappa shape index (κ2) is 7.49. The zero-order chi connectivity index (χ0) is 13.5. The first-order chi connectivity index (χ1) is 9.29. The molecule has 0 radical (unpaired) electrons. The van der Waals surface area contributed by atoms with Gasteiger partial charge in [-0.3, -0.25) is 0 Å². The Hall–Kier alpha value is -1.09. The van der Waals surface area contributed by atoms with E-state index in [0.717, 1.165) is 31.4 Å². The average molecular weight is 261 g/mol. The van der Waals surface area contributed by atoms with Gasteiger partial charge in [0.2, 0.25) is 0 Å². The van der Waals surface area contributed by atoms with E-state index in [0.29, 0.717) is 0 Å². The molecule has 3 nitrogen and oxygen atoms in total. The van der Waals surface area contributed by atoms with Gasteiger partial charge in [-0.05, 0) is 43.4 Å². The fourth-order valence-electron chi connectivity index (χ4n) is 2.83. The average Bonchev–Trinajstić information content (AvgIpc) is 2.93. The first-order valence-electron chi connectivity index (χ1n) is 7.66. The predicted molar refractivity (Wildman–Crippen MR) is 81.5 cm³/mol. The molecule has 0 amide bonds. The van der Waals surface area contributed by atoms with Gasteiger partial charge in [0.1, 0.15) is 5.82 Å². The van der Waals surface area contributed by atoms with Crippen LogP contribution in [0.3, 0.4) is 0 Å². The zero-order valence-electron chi connectivity index (χ0n) is 12.4. The van der Waals surface area contributed by atoms with Gasteiger partial charge in [0.25, 0.3) is 0 Å². The summed E-state index contributed by atoms with van der Waals surface area (Å²) in [4.78, 5) is 6.89. The van der Waals surface area contributed by atoms with E-state index in [9.17, 15) is 0 Å². The smallest absolute Gasteiger partial charge is 0.128 e. The molecule has 106 valence electrons. The molecule has 1 aromatic rings. The van der Waals surface area contributed by atoms with Gasteiger partial charge in [-0.25, -0.2) is 4.98 Å². The van der Waals surface area contributed by atoms with Gasteiger partial charge in [-0.1, -0.05) is 25.8 Å². The number of pyridine rings is 1. The Labute approximate surface area is 117 Å². The molecule has 0 saturated heterocycles. The highest BCUT2D eigenvalue weighted by molar-refractivity contribution is 5.38. The Bertz CT molecular complexity index is 355. The van der Waals surface area contributed by atoms with Crippen LogP contribution in [0.5, 0.6) is 0 Å². The Morgan fingerprint density at radius 1 is 1.32 bits per heavy atom. The van der Waals surface area contributed by atoms with Gasteiger partial charge < -0.3 is 10.2 Å². The van der Waals surface area contributed by atoms with E-state index >= 15 is 0 Å². The molecule has 1 N–H and O–H groups in total. The van der Waals surface area contributed by atoms with Crippen molar-refractivity contribution < 1.29 is 0 Å². The summed E-state index contributed by atoms with van der Waals surface area (Å²) in [6.45, 7) is 5.34. The van der Waals surface area contributed by atoms with Crippen molar-refractivity contribution in [3.63, 3.8) is 0 Å². The molecule has 0 atom stereocenters. The van der Waals surface area contributed by atoms with E-state index in [4.69, 9.17) is 0 Å². The fraction of sp³-hybridized carbons (Fsp3) is 0.688. The molecule has 0 aliphatic heterocycles. The molecule has 0 spiro atoms. The summed E-state index contributed by atoms with van der Waals surface area (Å²) in [5.41, 5.74) is 1.27. The zero-order valence-corrected chi connectivity index (χ0v) is 12.4. The van der Waals surface area contributed by atoms with Crippen LogP contribution in [-0.4, -0.2) is 25.1 Å². The maximum Gasteiger partial charge on any atom is 0.128 e. The SMILES string of the molecule is CCCNCc1ccc(N(C)CC2CCCC2)nc1. The minimum Gasteiger partial charge on any atom is -0.359 e. The van der Waals surface area contributed by atoms with Crippen LogP contribution in [0.25, 0.3) is 0 Å². The first kappa shape index (κ1) is 14.3. The lowest BCUT2D eigenvalue weighted by atomic mass is 10.1. The maximum absolute atomic E-state index is 4.59. The summed E-state index contributed by atoms with van der Waals surface area (Å²) >= 11 is 0. The lowest BCUT2D eigenvalue weighted by molar-refractivity contribution is 0.545. The maximum atomic E-state index is 4.59. The van der Waals surface area contributed by atoms with Gasteiger partial charge in [-0.15, -0.1) is 0 Å². The molecule has 1 heterocycles. The van der Waals surface area contributed by atoms with Crippen molar-refractivity contribution in [2.45, 2.75) is 45.6 Å². The number of rotatable bonds is 7.